The first-order valence-corrected chi connectivity index (χ1v) is 4.25. The smallest absolute Gasteiger partial charge is 0.301 e. The van der Waals surface area contributed by atoms with Crippen LogP contribution in [0.5, 0.6) is 0 Å². The van der Waals surface area contributed by atoms with E-state index in [1.807, 2.05) is 6.92 Å². The number of hydrogen-bond donors (Lipinski definition) is 1. The molecule has 1 unspecified atom stereocenters. The third kappa shape index (κ3) is 2.00. The van der Waals surface area contributed by atoms with Gasteiger partial charge in [-0.3, -0.25) is 10.1 Å². The van der Waals surface area contributed by atoms with Crippen LogP contribution in [0.1, 0.15) is 19.8 Å². The third-order valence-corrected chi connectivity index (χ3v) is 1.95. The maximum Gasteiger partial charge on any atom is 0.325 e. The van der Waals surface area contributed by atoms with Gasteiger partial charge in [0, 0.05) is 0 Å². The molecule has 0 aromatic rings. The van der Waals surface area contributed by atoms with E-state index in [2.05, 4.69) is 11.2 Å². The number of urea groups is 1. The molecule has 3 amide bonds. The van der Waals surface area contributed by atoms with Crippen LogP contribution < -0.4 is 5.32 Å². The van der Waals surface area contributed by atoms with E-state index in [0.29, 0.717) is 0 Å². The molecule has 0 aliphatic carbocycles. The molecule has 1 N–H and O–H groups in total. The molecule has 0 aromatic carbocycles. The number of imide groups is 1. The van der Waals surface area contributed by atoms with Gasteiger partial charge in [0.2, 0.25) is 5.91 Å². The lowest BCUT2D eigenvalue weighted by Crippen LogP contribution is -2.36. The van der Waals surface area contributed by atoms with Gasteiger partial charge in [-0.2, -0.15) is 0 Å². The second-order valence-electron chi connectivity index (χ2n) is 2.95. The molecule has 13 heavy (non-hydrogen) atoms. The van der Waals surface area contributed by atoms with E-state index in [4.69, 9.17) is 6.42 Å². The first-order chi connectivity index (χ1) is 6.19. The quantitative estimate of drug-likeness (QED) is 0.503. The molecule has 4 nitrogen and oxygen atoms in total. The fraction of sp³-hybridized carbons (Fsp3) is 0.556. The lowest BCUT2D eigenvalue weighted by atomic mass is 10.1. The average molecular weight is 180 g/mol. The lowest BCUT2D eigenvalue weighted by molar-refractivity contribution is -0.118. The van der Waals surface area contributed by atoms with Gasteiger partial charge in [0.15, 0.2) is 0 Å². The molecule has 1 aliphatic rings. The van der Waals surface area contributed by atoms with E-state index in [1.165, 1.54) is 4.90 Å². The van der Waals surface area contributed by atoms with Crippen LogP contribution in [0, 0.1) is 12.3 Å². The van der Waals surface area contributed by atoms with Gasteiger partial charge in [-0.05, 0) is 6.42 Å². The summed E-state index contributed by atoms with van der Waals surface area (Å²) in [5.41, 5.74) is 0. The predicted molar refractivity (Wildman–Crippen MR) is 47.8 cm³/mol. The number of carbonyl (C=O) groups excluding carboxylic acids is 2. The van der Waals surface area contributed by atoms with Gasteiger partial charge in [-0.15, -0.1) is 6.42 Å². The summed E-state index contributed by atoms with van der Waals surface area (Å²) in [6, 6.07) is -0.627. The van der Waals surface area contributed by atoms with Crippen LogP contribution in [0.3, 0.4) is 0 Å². The third-order valence-electron chi connectivity index (χ3n) is 1.95. The summed E-state index contributed by atoms with van der Waals surface area (Å²) < 4.78 is 0. The summed E-state index contributed by atoms with van der Waals surface area (Å²) >= 11 is 0. The summed E-state index contributed by atoms with van der Waals surface area (Å²) in [4.78, 5) is 23.4. The molecule has 0 saturated carbocycles. The van der Waals surface area contributed by atoms with Crippen LogP contribution in [0.25, 0.3) is 0 Å². The molecule has 1 heterocycles. The number of nitrogens with one attached hydrogen (secondary N) is 1. The molecule has 1 rings (SSSR count). The average Bonchev–Trinajstić information content (AvgIpc) is 2.41. The van der Waals surface area contributed by atoms with E-state index in [9.17, 15) is 9.59 Å². The molecule has 4 heteroatoms. The van der Waals surface area contributed by atoms with Crippen molar-refractivity contribution in [2.75, 3.05) is 6.54 Å². The van der Waals surface area contributed by atoms with Crippen LogP contribution >= 0.6 is 0 Å². The van der Waals surface area contributed by atoms with E-state index in [-0.39, 0.29) is 24.5 Å². The Balaban J connectivity index is 2.65. The Morgan fingerprint density at radius 2 is 2.38 bits per heavy atom. The molecule has 70 valence electrons. The molecule has 0 spiro atoms. The van der Waals surface area contributed by atoms with Crippen molar-refractivity contribution < 1.29 is 9.59 Å². The normalized spacial score (nSPS) is 18.3. The van der Waals surface area contributed by atoms with Crippen molar-refractivity contribution in [2.45, 2.75) is 25.8 Å². The zero-order valence-corrected chi connectivity index (χ0v) is 7.54. The molecule has 1 atom stereocenters. The van der Waals surface area contributed by atoms with Crippen molar-refractivity contribution in [3.8, 4) is 12.3 Å². The molecular formula is C9H12N2O2. The highest BCUT2D eigenvalue weighted by molar-refractivity contribution is 6.02. The number of rotatable bonds is 3. The van der Waals surface area contributed by atoms with Crippen LogP contribution in [-0.2, 0) is 4.79 Å². The van der Waals surface area contributed by atoms with E-state index < -0.39 is 0 Å². The summed E-state index contributed by atoms with van der Waals surface area (Å²) in [6.45, 7) is 2.08. The van der Waals surface area contributed by atoms with Gasteiger partial charge in [-0.1, -0.05) is 19.3 Å². The van der Waals surface area contributed by atoms with E-state index in [1.54, 1.807) is 0 Å². The van der Waals surface area contributed by atoms with Gasteiger partial charge in [0.1, 0.15) is 6.54 Å². The predicted octanol–water partition coefficient (Wildman–Crippen LogP) is 0.340. The van der Waals surface area contributed by atoms with Gasteiger partial charge in [-0.25, -0.2) is 4.79 Å². The largest absolute Gasteiger partial charge is 0.325 e. The first kappa shape index (κ1) is 9.59. The minimum atomic E-state index is -0.374. The fourth-order valence-corrected chi connectivity index (χ4v) is 1.31. The summed E-state index contributed by atoms with van der Waals surface area (Å²) in [5, 5.41) is 2.19. The fourth-order valence-electron chi connectivity index (χ4n) is 1.31. The van der Waals surface area contributed by atoms with E-state index >= 15 is 0 Å². The molecule has 1 fully saturated rings. The Bertz CT molecular complexity index is 267. The van der Waals surface area contributed by atoms with Crippen molar-refractivity contribution in [1.29, 1.82) is 0 Å². The number of hydrogen-bond acceptors (Lipinski definition) is 2. The number of carbonyl (C=O) groups is 2. The topological polar surface area (TPSA) is 49.4 Å². The maximum atomic E-state index is 11.2. The van der Waals surface area contributed by atoms with Crippen molar-refractivity contribution in [1.82, 2.24) is 10.2 Å². The van der Waals surface area contributed by atoms with Crippen molar-refractivity contribution in [3.63, 3.8) is 0 Å². The molecule has 0 radical (unpaired) electrons. The number of nitrogens with zero attached hydrogens (tertiary/aromatic N) is 1. The molecule has 0 aromatic heterocycles. The molecule has 0 bridgehead atoms. The summed E-state index contributed by atoms with van der Waals surface area (Å²) in [5.74, 6) is 2.23. The van der Waals surface area contributed by atoms with Crippen molar-refractivity contribution in [3.05, 3.63) is 0 Å². The highest BCUT2D eigenvalue weighted by atomic mass is 16.2. The number of amides is 3. The Morgan fingerprint density at radius 3 is 2.77 bits per heavy atom. The van der Waals surface area contributed by atoms with Crippen LogP contribution in [0.4, 0.5) is 4.79 Å². The zero-order chi connectivity index (χ0) is 9.84. The second-order valence-corrected chi connectivity index (χ2v) is 2.95. The Labute approximate surface area is 77.3 Å². The van der Waals surface area contributed by atoms with Crippen LogP contribution in [-0.4, -0.2) is 29.4 Å². The van der Waals surface area contributed by atoms with Gasteiger partial charge in [0.05, 0.1) is 6.04 Å². The van der Waals surface area contributed by atoms with Crippen molar-refractivity contribution in [2.24, 2.45) is 0 Å². The molecule has 1 saturated heterocycles. The Hall–Kier alpha value is -1.50. The minimum absolute atomic E-state index is 0.0910. The van der Waals surface area contributed by atoms with Crippen LogP contribution in [0.15, 0.2) is 0 Å². The van der Waals surface area contributed by atoms with Crippen LogP contribution in [0.2, 0.25) is 0 Å². The number of terminal acetylenes is 1. The van der Waals surface area contributed by atoms with Gasteiger partial charge >= 0.3 is 6.03 Å². The van der Waals surface area contributed by atoms with Gasteiger partial charge in [0.25, 0.3) is 0 Å². The molecular weight excluding hydrogens is 168 g/mol. The first-order valence-electron chi connectivity index (χ1n) is 4.25. The van der Waals surface area contributed by atoms with Gasteiger partial charge < -0.3 is 4.90 Å². The zero-order valence-electron chi connectivity index (χ0n) is 7.54. The highest BCUT2D eigenvalue weighted by Crippen LogP contribution is 2.09. The van der Waals surface area contributed by atoms with Crippen molar-refractivity contribution >= 4 is 11.9 Å². The second kappa shape index (κ2) is 3.94. The standard InChI is InChI=1S/C9H12N2O2/c1-3-5-7(4-2)11-6-8(12)10-9(11)13/h2,7H,3,5-6H2,1H3,(H,10,12,13). The Kier molecular flexibility index (Phi) is 2.91. The monoisotopic (exact) mass is 180 g/mol. The Morgan fingerprint density at radius 1 is 1.69 bits per heavy atom. The minimum Gasteiger partial charge on any atom is -0.301 e. The summed E-state index contributed by atoms with van der Waals surface area (Å²) in [6.07, 6.45) is 6.89. The van der Waals surface area contributed by atoms with E-state index in [0.717, 1.165) is 12.8 Å². The highest BCUT2D eigenvalue weighted by Gasteiger charge is 2.31. The lowest BCUT2D eigenvalue weighted by Gasteiger charge is -2.20. The SMILES string of the molecule is C#CC(CCC)N1CC(=O)NC1=O. The maximum absolute atomic E-state index is 11.2. The summed E-state index contributed by atoms with van der Waals surface area (Å²) in [7, 11) is 0. The molecule has 1 aliphatic heterocycles.